The Labute approximate surface area is 137 Å². The maximum Gasteiger partial charge on any atom is 0.416 e. The van der Waals surface area contributed by atoms with Crippen LogP contribution in [-0.4, -0.2) is 21.5 Å². The lowest BCUT2D eigenvalue weighted by atomic mass is 9.94. The first-order valence-corrected chi connectivity index (χ1v) is 8.75. The van der Waals surface area contributed by atoms with E-state index < -0.39 is 26.7 Å². The number of halogens is 3. The molecule has 1 aliphatic rings. The van der Waals surface area contributed by atoms with Crippen LogP contribution in [0.4, 0.5) is 18.9 Å². The summed E-state index contributed by atoms with van der Waals surface area (Å²) in [6, 6.07) is 10.5. The zero-order chi connectivity index (χ0) is 17.4. The number of alkyl halides is 3. The second-order valence-electron chi connectivity index (χ2n) is 5.61. The van der Waals surface area contributed by atoms with Crippen molar-refractivity contribution < 1.29 is 21.6 Å². The maximum atomic E-state index is 12.7. The zero-order valence-corrected chi connectivity index (χ0v) is 13.3. The number of hydrogen-bond donors (Lipinski definition) is 2. The predicted molar refractivity (Wildman–Crippen MR) is 84.3 cm³/mol. The van der Waals surface area contributed by atoms with E-state index in [4.69, 9.17) is 0 Å². The topological polar surface area (TPSA) is 58.2 Å². The van der Waals surface area contributed by atoms with Crippen molar-refractivity contribution in [3.8, 4) is 0 Å². The molecule has 2 aromatic rings. The Bertz CT molecular complexity index is 829. The number of anilines is 1. The van der Waals surface area contributed by atoms with E-state index >= 15 is 0 Å². The molecule has 128 valence electrons. The first-order valence-electron chi connectivity index (χ1n) is 7.26. The van der Waals surface area contributed by atoms with Gasteiger partial charge in [-0.1, -0.05) is 18.2 Å². The molecule has 2 N–H and O–H groups in total. The first-order chi connectivity index (χ1) is 11.3. The van der Waals surface area contributed by atoms with Crippen molar-refractivity contribution in [1.29, 1.82) is 0 Å². The van der Waals surface area contributed by atoms with Crippen molar-refractivity contribution in [3.63, 3.8) is 0 Å². The van der Waals surface area contributed by atoms with Crippen LogP contribution in [0.25, 0.3) is 0 Å². The summed E-state index contributed by atoms with van der Waals surface area (Å²) < 4.78 is 65.0. The third-order valence-electron chi connectivity index (χ3n) is 3.89. The van der Waals surface area contributed by atoms with Crippen molar-refractivity contribution >= 4 is 15.7 Å². The normalized spacial score (nSPS) is 15.8. The van der Waals surface area contributed by atoms with E-state index in [1.54, 1.807) is 12.1 Å². The quantitative estimate of drug-likeness (QED) is 0.885. The summed E-state index contributed by atoms with van der Waals surface area (Å²) in [5.41, 5.74) is 0.400. The van der Waals surface area contributed by atoms with Crippen LogP contribution in [0.15, 0.2) is 53.4 Å². The third kappa shape index (κ3) is 3.54. The Kier molecular flexibility index (Phi) is 4.27. The molecular weight excluding hydrogens is 341 g/mol. The first kappa shape index (κ1) is 16.8. The van der Waals surface area contributed by atoms with Crippen LogP contribution < -0.4 is 10.0 Å². The monoisotopic (exact) mass is 356 g/mol. The summed E-state index contributed by atoms with van der Waals surface area (Å²) in [6.45, 7) is 1.77. The summed E-state index contributed by atoms with van der Waals surface area (Å²) in [5.74, 6) is 0.416. The summed E-state index contributed by atoms with van der Waals surface area (Å²) in [6.07, 6.45) is -4.59. The highest BCUT2D eigenvalue weighted by molar-refractivity contribution is 7.92. The molecule has 1 heterocycles. The minimum atomic E-state index is -4.59. The fraction of sp³-hybridized carbons (Fsp3) is 0.250. The van der Waals surface area contributed by atoms with E-state index in [9.17, 15) is 21.6 Å². The smallest absolute Gasteiger partial charge is 0.315 e. The van der Waals surface area contributed by atoms with E-state index in [-0.39, 0.29) is 0 Å². The van der Waals surface area contributed by atoms with Gasteiger partial charge >= 0.3 is 6.18 Å². The molecule has 0 amide bonds. The number of sulfonamides is 1. The Morgan fingerprint density at radius 2 is 1.71 bits per heavy atom. The Hall–Kier alpha value is -2.06. The van der Waals surface area contributed by atoms with Gasteiger partial charge in [0.15, 0.2) is 0 Å². The molecule has 1 fully saturated rings. The van der Waals surface area contributed by atoms with Gasteiger partial charge in [-0.25, -0.2) is 8.42 Å². The van der Waals surface area contributed by atoms with E-state index in [2.05, 4.69) is 10.0 Å². The van der Waals surface area contributed by atoms with Crippen LogP contribution in [0.1, 0.15) is 17.0 Å². The molecule has 3 rings (SSSR count). The van der Waals surface area contributed by atoms with Gasteiger partial charge in [0.2, 0.25) is 0 Å². The van der Waals surface area contributed by atoms with Gasteiger partial charge in [0.25, 0.3) is 10.0 Å². The second kappa shape index (κ2) is 6.10. The Morgan fingerprint density at radius 3 is 2.25 bits per heavy atom. The van der Waals surface area contributed by atoms with E-state index in [1.165, 1.54) is 0 Å². The third-order valence-corrected chi connectivity index (χ3v) is 5.27. The minimum absolute atomic E-state index is 0.309. The molecule has 0 aromatic heterocycles. The molecule has 1 aliphatic heterocycles. The highest BCUT2D eigenvalue weighted by atomic mass is 32.2. The van der Waals surface area contributed by atoms with Crippen LogP contribution in [0.5, 0.6) is 0 Å². The average Bonchev–Trinajstić information content (AvgIpc) is 2.46. The van der Waals surface area contributed by atoms with Crippen molar-refractivity contribution in [2.75, 3.05) is 17.8 Å². The summed E-state index contributed by atoms with van der Waals surface area (Å²) in [5, 5.41) is 3.15. The van der Waals surface area contributed by atoms with Crippen LogP contribution in [-0.2, 0) is 16.2 Å². The van der Waals surface area contributed by atoms with Gasteiger partial charge in [0.1, 0.15) is 0 Å². The molecule has 8 heteroatoms. The average molecular weight is 356 g/mol. The van der Waals surface area contributed by atoms with Crippen molar-refractivity contribution in [2.24, 2.45) is 0 Å². The number of nitrogens with one attached hydrogen (secondary N) is 2. The number of benzene rings is 2. The highest BCUT2D eigenvalue weighted by Gasteiger charge is 2.31. The van der Waals surface area contributed by atoms with Gasteiger partial charge in [-0.2, -0.15) is 13.2 Å². The van der Waals surface area contributed by atoms with E-state index in [1.807, 2.05) is 12.1 Å². The molecular formula is C16H15F3N2O2S. The molecule has 0 saturated carbocycles. The number of hydrogen-bond acceptors (Lipinski definition) is 3. The lowest BCUT2D eigenvalue weighted by Gasteiger charge is -2.27. The van der Waals surface area contributed by atoms with Crippen LogP contribution in [0, 0.1) is 0 Å². The van der Waals surface area contributed by atoms with Gasteiger partial charge in [0, 0.05) is 24.7 Å². The van der Waals surface area contributed by atoms with Gasteiger partial charge in [-0.05, 0) is 35.9 Å². The van der Waals surface area contributed by atoms with E-state index in [0.717, 1.165) is 36.9 Å². The fourth-order valence-electron chi connectivity index (χ4n) is 2.40. The number of rotatable bonds is 4. The van der Waals surface area contributed by atoms with Crippen LogP contribution in [0.2, 0.25) is 0 Å². The molecule has 0 bridgehead atoms. The predicted octanol–water partition coefficient (Wildman–Crippen LogP) is 3.19. The van der Waals surface area contributed by atoms with Crippen molar-refractivity contribution in [2.45, 2.75) is 17.0 Å². The van der Waals surface area contributed by atoms with Crippen LogP contribution in [0.3, 0.4) is 0 Å². The molecule has 24 heavy (non-hydrogen) atoms. The Balaban J connectivity index is 1.80. The molecule has 1 saturated heterocycles. The molecule has 0 atom stereocenters. The molecule has 0 unspecified atom stereocenters. The molecule has 0 spiro atoms. The van der Waals surface area contributed by atoms with E-state index in [0.29, 0.717) is 17.7 Å². The van der Waals surface area contributed by atoms with Gasteiger partial charge < -0.3 is 5.32 Å². The molecule has 4 nitrogen and oxygen atoms in total. The van der Waals surface area contributed by atoms with Crippen molar-refractivity contribution in [1.82, 2.24) is 5.32 Å². The van der Waals surface area contributed by atoms with Crippen molar-refractivity contribution in [3.05, 3.63) is 59.7 Å². The summed E-state index contributed by atoms with van der Waals surface area (Å²) in [7, 11) is -4.08. The molecule has 0 aliphatic carbocycles. The lowest BCUT2D eigenvalue weighted by molar-refractivity contribution is -0.137. The SMILES string of the molecule is O=S(=O)(Nc1ccc(C2CNC2)cc1)c1cccc(C(F)(F)F)c1. The molecule has 2 aromatic carbocycles. The minimum Gasteiger partial charge on any atom is -0.315 e. The fourth-order valence-corrected chi connectivity index (χ4v) is 3.51. The van der Waals surface area contributed by atoms with Gasteiger partial charge in [-0.3, -0.25) is 4.72 Å². The summed E-state index contributed by atoms with van der Waals surface area (Å²) in [4.78, 5) is -0.426. The molecule has 0 radical (unpaired) electrons. The maximum absolute atomic E-state index is 12.7. The summed E-state index contributed by atoms with van der Waals surface area (Å²) >= 11 is 0. The van der Waals surface area contributed by atoms with Crippen LogP contribution >= 0.6 is 0 Å². The van der Waals surface area contributed by atoms with Gasteiger partial charge in [-0.15, -0.1) is 0 Å². The largest absolute Gasteiger partial charge is 0.416 e. The standard InChI is InChI=1S/C16H15F3N2O2S/c17-16(18,19)13-2-1-3-15(8-13)24(22,23)21-14-6-4-11(5-7-14)12-9-20-10-12/h1-8,12,20-21H,9-10H2. The van der Waals surface area contributed by atoms with Gasteiger partial charge in [0.05, 0.1) is 10.5 Å². The highest BCUT2D eigenvalue weighted by Crippen LogP contribution is 2.31. The zero-order valence-electron chi connectivity index (χ0n) is 12.5. The lowest BCUT2D eigenvalue weighted by Crippen LogP contribution is -2.39. The Morgan fingerprint density at radius 1 is 1.04 bits per heavy atom. The second-order valence-corrected chi connectivity index (χ2v) is 7.29.